The molecular weight excluding hydrogens is 334 g/mol. The largest absolute Gasteiger partial charge is 0.355 e. The minimum Gasteiger partial charge on any atom is -0.355 e. The third kappa shape index (κ3) is 6.96. The monoisotopic (exact) mass is 365 g/mol. The van der Waals surface area contributed by atoms with Gasteiger partial charge >= 0.3 is 0 Å². The van der Waals surface area contributed by atoms with Gasteiger partial charge in [-0.05, 0) is 43.5 Å². The summed E-state index contributed by atoms with van der Waals surface area (Å²) in [4.78, 5) is 17.1. The van der Waals surface area contributed by atoms with E-state index >= 15 is 0 Å². The van der Waals surface area contributed by atoms with Crippen molar-refractivity contribution in [3.05, 3.63) is 34.9 Å². The molecule has 2 rings (SSSR count). The van der Waals surface area contributed by atoms with Crippen LogP contribution in [0.3, 0.4) is 0 Å². The van der Waals surface area contributed by atoms with Gasteiger partial charge in [0.05, 0.1) is 0 Å². The van der Waals surface area contributed by atoms with Crippen molar-refractivity contribution < 1.29 is 4.79 Å². The minimum atomic E-state index is 0.161. The van der Waals surface area contributed by atoms with E-state index in [-0.39, 0.29) is 5.91 Å². The van der Waals surface area contributed by atoms with Crippen molar-refractivity contribution in [2.75, 3.05) is 39.8 Å². The molecule has 1 aliphatic heterocycles. The molecule has 140 valence electrons. The van der Waals surface area contributed by atoms with Crippen LogP contribution in [0.1, 0.15) is 32.3 Å². The molecule has 1 N–H and O–H groups in total. The van der Waals surface area contributed by atoms with Crippen LogP contribution in [0.25, 0.3) is 0 Å². The summed E-state index contributed by atoms with van der Waals surface area (Å²) in [6.45, 7) is 9.64. The van der Waals surface area contributed by atoms with Crippen molar-refractivity contribution in [3.63, 3.8) is 0 Å². The molecule has 1 fully saturated rings. The summed E-state index contributed by atoms with van der Waals surface area (Å²) >= 11 is 5.89. The number of hydrogen-bond acceptors (Lipinski definition) is 3. The summed E-state index contributed by atoms with van der Waals surface area (Å²) < 4.78 is 0. The first kappa shape index (κ1) is 20.2. The van der Waals surface area contributed by atoms with E-state index < -0.39 is 0 Å². The molecule has 1 aliphatic rings. The number of amides is 1. The Balaban J connectivity index is 1.70. The molecule has 0 aromatic heterocycles. The zero-order valence-electron chi connectivity index (χ0n) is 15.8. The number of nitrogens with zero attached hydrogens (tertiary/aromatic N) is 2. The lowest BCUT2D eigenvalue weighted by atomic mass is 10.0. The molecule has 1 atom stereocenters. The van der Waals surface area contributed by atoms with Crippen molar-refractivity contribution in [2.45, 2.75) is 39.2 Å². The molecule has 0 saturated carbocycles. The third-order valence-corrected chi connectivity index (χ3v) is 5.32. The van der Waals surface area contributed by atoms with Gasteiger partial charge < -0.3 is 10.2 Å². The van der Waals surface area contributed by atoms with Crippen molar-refractivity contribution in [2.24, 2.45) is 5.92 Å². The fraction of sp³-hybridized carbons (Fsp3) is 0.650. The zero-order valence-corrected chi connectivity index (χ0v) is 16.6. The van der Waals surface area contributed by atoms with E-state index in [9.17, 15) is 4.79 Å². The molecule has 1 aromatic carbocycles. The second kappa shape index (κ2) is 10.1. The molecule has 5 heteroatoms. The molecule has 1 saturated heterocycles. The number of piperazine rings is 1. The average Bonchev–Trinajstić information content (AvgIpc) is 2.58. The second-order valence-electron chi connectivity index (χ2n) is 7.43. The van der Waals surface area contributed by atoms with Gasteiger partial charge in [0.25, 0.3) is 0 Å². The molecular formula is C20H32ClN3O. The fourth-order valence-corrected chi connectivity index (χ4v) is 3.48. The SMILES string of the molecule is CC(C)C(CNC(=O)CCCc1ccc(Cl)cc1)N1CCN(C)CC1. The number of benzene rings is 1. The molecule has 1 amide bonds. The maximum atomic E-state index is 12.2. The summed E-state index contributed by atoms with van der Waals surface area (Å²) in [6.07, 6.45) is 2.36. The highest BCUT2D eigenvalue weighted by atomic mass is 35.5. The van der Waals surface area contributed by atoms with Crippen LogP contribution in [-0.2, 0) is 11.2 Å². The summed E-state index contributed by atoms with van der Waals surface area (Å²) in [7, 11) is 2.17. The number of halogens is 1. The van der Waals surface area contributed by atoms with Crippen molar-refractivity contribution >= 4 is 17.5 Å². The second-order valence-corrected chi connectivity index (χ2v) is 7.87. The van der Waals surface area contributed by atoms with Crippen LogP contribution in [0, 0.1) is 5.92 Å². The van der Waals surface area contributed by atoms with Crippen LogP contribution in [0.2, 0.25) is 5.02 Å². The fourth-order valence-electron chi connectivity index (χ4n) is 3.35. The third-order valence-electron chi connectivity index (χ3n) is 5.07. The highest BCUT2D eigenvalue weighted by molar-refractivity contribution is 6.30. The predicted molar refractivity (Wildman–Crippen MR) is 105 cm³/mol. The molecule has 4 nitrogen and oxygen atoms in total. The number of carbonyl (C=O) groups excluding carboxylic acids is 1. The summed E-state index contributed by atoms with van der Waals surface area (Å²) in [5.74, 6) is 0.700. The molecule has 0 spiro atoms. The summed E-state index contributed by atoms with van der Waals surface area (Å²) in [5, 5.41) is 3.91. The average molecular weight is 366 g/mol. The standard InChI is InChI=1S/C20H32ClN3O/c1-16(2)19(24-13-11-23(3)12-14-24)15-22-20(25)6-4-5-17-7-9-18(21)10-8-17/h7-10,16,19H,4-6,11-15H2,1-3H3,(H,22,25). The molecule has 1 heterocycles. The van der Waals surface area contributed by atoms with Gasteiger partial charge in [-0.15, -0.1) is 0 Å². The van der Waals surface area contributed by atoms with E-state index in [2.05, 4.69) is 36.0 Å². The molecule has 0 radical (unpaired) electrons. The van der Waals surface area contributed by atoms with E-state index in [0.29, 0.717) is 18.4 Å². The van der Waals surface area contributed by atoms with Gasteiger partial charge in [0.15, 0.2) is 0 Å². The first-order valence-electron chi connectivity index (χ1n) is 9.39. The lowest BCUT2D eigenvalue weighted by Gasteiger charge is -2.39. The van der Waals surface area contributed by atoms with Crippen LogP contribution >= 0.6 is 11.6 Å². The van der Waals surface area contributed by atoms with Gasteiger partial charge in [-0.1, -0.05) is 37.6 Å². The van der Waals surface area contributed by atoms with Crippen LogP contribution < -0.4 is 5.32 Å². The Hall–Kier alpha value is -1.10. The van der Waals surface area contributed by atoms with Crippen LogP contribution in [-0.4, -0.2) is 61.5 Å². The number of hydrogen-bond donors (Lipinski definition) is 1. The predicted octanol–water partition coefficient (Wildman–Crippen LogP) is 3.05. The van der Waals surface area contributed by atoms with E-state index in [1.165, 1.54) is 5.56 Å². The van der Waals surface area contributed by atoms with Crippen molar-refractivity contribution in [3.8, 4) is 0 Å². The molecule has 0 bridgehead atoms. The first-order chi connectivity index (χ1) is 12.0. The highest BCUT2D eigenvalue weighted by Crippen LogP contribution is 2.14. The summed E-state index contributed by atoms with van der Waals surface area (Å²) in [6, 6.07) is 8.29. The Bertz CT molecular complexity index is 524. The number of carbonyl (C=O) groups is 1. The van der Waals surface area contributed by atoms with E-state index in [1.807, 2.05) is 24.3 Å². The highest BCUT2D eigenvalue weighted by Gasteiger charge is 2.25. The van der Waals surface area contributed by atoms with Gasteiger partial charge in [-0.2, -0.15) is 0 Å². The van der Waals surface area contributed by atoms with Crippen LogP contribution in [0.4, 0.5) is 0 Å². The van der Waals surface area contributed by atoms with Crippen molar-refractivity contribution in [1.82, 2.24) is 15.1 Å². The normalized spacial score (nSPS) is 17.6. The first-order valence-corrected chi connectivity index (χ1v) is 9.77. The Kier molecular flexibility index (Phi) is 8.20. The maximum Gasteiger partial charge on any atom is 0.220 e. The Morgan fingerprint density at radius 3 is 2.40 bits per heavy atom. The number of aryl methyl sites for hydroxylation is 1. The lowest BCUT2D eigenvalue weighted by molar-refractivity contribution is -0.121. The summed E-state index contributed by atoms with van der Waals surface area (Å²) in [5.41, 5.74) is 1.23. The number of rotatable bonds is 8. The van der Waals surface area contributed by atoms with Crippen LogP contribution in [0.5, 0.6) is 0 Å². The van der Waals surface area contributed by atoms with Gasteiger partial charge in [0.2, 0.25) is 5.91 Å². The Morgan fingerprint density at radius 1 is 1.16 bits per heavy atom. The number of likely N-dealkylation sites (N-methyl/N-ethyl adjacent to an activating group) is 1. The van der Waals surface area contributed by atoms with E-state index in [4.69, 9.17) is 11.6 Å². The topological polar surface area (TPSA) is 35.6 Å². The molecule has 25 heavy (non-hydrogen) atoms. The smallest absolute Gasteiger partial charge is 0.220 e. The lowest BCUT2D eigenvalue weighted by Crippen LogP contribution is -2.54. The van der Waals surface area contributed by atoms with Crippen LogP contribution in [0.15, 0.2) is 24.3 Å². The minimum absolute atomic E-state index is 0.161. The Morgan fingerprint density at radius 2 is 1.80 bits per heavy atom. The van der Waals surface area contributed by atoms with Gasteiger partial charge in [-0.3, -0.25) is 9.69 Å². The quantitative estimate of drug-likeness (QED) is 0.769. The van der Waals surface area contributed by atoms with E-state index in [1.54, 1.807) is 0 Å². The zero-order chi connectivity index (χ0) is 18.2. The van der Waals surface area contributed by atoms with Gasteiger partial charge in [-0.25, -0.2) is 0 Å². The molecule has 1 aromatic rings. The molecule has 1 unspecified atom stereocenters. The van der Waals surface area contributed by atoms with Gasteiger partial charge in [0.1, 0.15) is 0 Å². The van der Waals surface area contributed by atoms with Gasteiger partial charge in [0, 0.05) is 50.2 Å². The number of nitrogens with one attached hydrogen (secondary N) is 1. The van der Waals surface area contributed by atoms with E-state index in [0.717, 1.165) is 50.6 Å². The maximum absolute atomic E-state index is 12.2. The van der Waals surface area contributed by atoms with Crippen molar-refractivity contribution in [1.29, 1.82) is 0 Å². The molecule has 0 aliphatic carbocycles. The Labute approximate surface area is 157 Å².